The quantitative estimate of drug-likeness (QED) is 0.410. The molecule has 1 aliphatic rings. The predicted molar refractivity (Wildman–Crippen MR) is 106 cm³/mol. The number of carbonyl (C=O) groups excluding carboxylic acids is 3. The Morgan fingerprint density at radius 3 is 2.19 bits per heavy atom. The van der Waals surface area contributed by atoms with Crippen LogP contribution >= 0.6 is 11.8 Å². The van der Waals surface area contributed by atoms with Crippen LogP contribution in [0.5, 0.6) is 0 Å². The van der Waals surface area contributed by atoms with Crippen LogP contribution in [-0.2, 0) is 4.79 Å². The molecule has 0 unspecified atom stereocenters. The van der Waals surface area contributed by atoms with E-state index in [1.54, 1.807) is 36.0 Å². The van der Waals surface area contributed by atoms with Gasteiger partial charge in [-0.25, -0.2) is 0 Å². The number of hydrogen-bond acceptors (Lipinski definition) is 4. The number of nitrogens with zero attached hydrogens (tertiary/aromatic N) is 1. The maximum absolute atomic E-state index is 12.2. The summed E-state index contributed by atoms with van der Waals surface area (Å²) < 4.78 is 0. The molecule has 1 N–H and O–H groups in total. The van der Waals surface area contributed by atoms with Gasteiger partial charge in [-0.1, -0.05) is 30.3 Å². The Morgan fingerprint density at radius 1 is 0.889 bits per heavy atom. The van der Waals surface area contributed by atoms with Gasteiger partial charge >= 0.3 is 0 Å². The van der Waals surface area contributed by atoms with E-state index >= 15 is 0 Å². The fourth-order valence-corrected chi connectivity index (χ4v) is 3.81. The van der Waals surface area contributed by atoms with Crippen LogP contribution in [0.25, 0.3) is 0 Å². The summed E-state index contributed by atoms with van der Waals surface area (Å²) in [5, 5.41) is 2.89. The van der Waals surface area contributed by atoms with E-state index in [4.69, 9.17) is 0 Å². The van der Waals surface area contributed by atoms with Gasteiger partial charge in [-0.2, -0.15) is 0 Å². The Bertz CT molecular complexity index is 788. The highest BCUT2D eigenvalue weighted by Crippen LogP contribution is 2.22. The van der Waals surface area contributed by atoms with Gasteiger partial charge < -0.3 is 5.32 Å². The lowest BCUT2D eigenvalue weighted by atomic mass is 10.1. The maximum Gasteiger partial charge on any atom is 0.261 e. The Kier molecular flexibility index (Phi) is 6.65. The maximum atomic E-state index is 12.2. The van der Waals surface area contributed by atoms with Crippen molar-refractivity contribution in [3.63, 3.8) is 0 Å². The van der Waals surface area contributed by atoms with Crippen LogP contribution in [0.3, 0.4) is 0 Å². The van der Waals surface area contributed by atoms with Crippen molar-refractivity contribution in [2.24, 2.45) is 0 Å². The van der Waals surface area contributed by atoms with Crippen LogP contribution in [0.4, 0.5) is 0 Å². The first kappa shape index (κ1) is 19.2. The van der Waals surface area contributed by atoms with Gasteiger partial charge in [0.15, 0.2) is 0 Å². The lowest BCUT2D eigenvalue weighted by Crippen LogP contribution is -2.32. The van der Waals surface area contributed by atoms with Crippen molar-refractivity contribution in [1.82, 2.24) is 10.2 Å². The second-order valence-electron chi connectivity index (χ2n) is 6.28. The Labute approximate surface area is 163 Å². The monoisotopic (exact) mass is 382 g/mol. The highest BCUT2D eigenvalue weighted by Gasteiger charge is 2.34. The molecular formula is C21H22N2O3S. The molecule has 140 valence electrons. The van der Waals surface area contributed by atoms with E-state index in [1.807, 2.05) is 18.2 Å². The van der Waals surface area contributed by atoms with E-state index in [-0.39, 0.29) is 24.3 Å². The van der Waals surface area contributed by atoms with Gasteiger partial charge in [-0.3, -0.25) is 19.3 Å². The Balaban J connectivity index is 1.31. The minimum absolute atomic E-state index is 0.0451. The minimum Gasteiger partial charge on any atom is -0.356 e. The summed E-state index contributed by atoms with van der Waals surface area (Å²) in [4.78, 5) is 38.9. The van der Waals surface area contributed by atoms with E-state index in [9.17, 15) is 14.4 Å². The van der Waals surface area contributed by atoms with Crippen molar-refractivity contribution >= 4 is 29.5 Å². The zero-order chi connectivity index (χ0) is 19.1. The molecule has 0 radical (unpaired) electrons. The molecule has 0 atom stereocenters. The van der Waals surface area contributed by atoms with Crippen LogP contribution in [0.2, 0.25) is 0 Å². The number of imide groups is 1. The van der Waals surface area contributed by atoms with Crippen molar-refractivity contribution in [1.29, 1.82) is 0 Å². The molecule has 1 aliphatic heterocycles. The van der Waals surface area contributed by atoms with Gasteiger partial charge in [0.1, 0.15) is 0 Å². The molecule has 2 aromatic rings. The van der Waals surface area contributed by atoms with E-state index in [0.29, 0.717) is 30.5 Å². The van der Waals surface area contributed by atoms with Crippen molar-refractivity contribution in [3.8, 4) is 0 Å². The lowest BCUT2D eigenvalue weighted by molar-refractivity contribution is -0.121. The highest BCUT2D eigenvalue weighted by atomic mass is 32.2. The molecule has 1 heterocycles. The van der Waals surface area contributed by atoms with Crippen molar-refractivity contribution < 1.29 is 14.4 Å². The third kappa shape index (κ3) is 4.98. The number of thioether (sulfide) groups is 1. The standard InChI is InChI=1S/C21H22N2O3S/c24-19(22-13-7-15-27-16-8-2-1-3-9-16)12-6-14-23-20(25)17-10-4-5-11-18(17)21(23)26/h1-5,8-11H,6-7,12-15H2,(H,22,24). The summed E-state index contributed by atoms with van der Waals surface area (Å²) in [6.45, 7) is 0.898. The largest absolute Gasteiger partial charge is 0.356 e. The zero-order valence-electron chi connectivity index (χ0n) is 15.0. The molecule has 0 aliphatic carbocycles. The molecule has 5 nitrogen and oxygen atoms in total. The van der Waals surface area contributed by atoms with Crippen LogP contribution in [0.15, 0.2) is 59.5 Å². The van der Waals surface area contributed by atoms with Crippen LogP contribution in [0, 0.1) is 0 Å². The van der Waals surface area contributed by atoms with Gasteiger partial charge in [0, 0.05) is 24.4 Å². The van der Waals surface area contributed by atoms with Crippen molar-refractivity contribution in [2.45, 2.75) is 24.2 Å². The molecule has 0 saturated heterocycles. The summed E-state index contributed by atoms with van der Waals surface area (Å²) in [6.07, 6.45) is 1.67. The van der Waals surface area contributed by atoms with Crippen LogP contribution < -0.4 is 5.32 Å². The normalized spacial score (nSPS) is 13.0. The number of carbonyl (C=O) groups is 3. The number of hydrogen-bond donors (Lipinski definition) is 1. The summed E-state index contributed by atoms with van der Waals surface area (Å²) in [7, 11) is 0. The number of rotatable bonds is 9. The minimum atomic E-state index is -0.269. The fraction of sp³-hybridized carbons (Fsp3) is 0.286. The number of nitrogens with one attached hydrogen (secondary N) is 1. The average Bonchev–Trinajstić information content (AvgIpc) is 2.94. The van der Waals surface area contributed by atoms with Gasteiger partial charge in [-0.05, 0) is 42.9 Å². The highest BCUT2D eigenvalue weighted by molar-refractivity contribution is 7.99. The molecular weight excluding hydrogens is 360 g/mol. The van der Waals surface area contributed by atoms with E-state index < -0.39 is 0 Å². The molecule has 2 aromatic carbocycles. The molecule has 0 spiro atoms. The number of benzene rings is 2. The van der Waals surface area contributed by atoms with Crippen molar-refractivity contribution in [2.75, 3.05) is 18.8 Å². The second-order valence-corrected chi connectivity index (χ2v) is 7.44. The Morgan fingerprint density at radius 2 is 1.52 bits per heavy atom. The third-order valence-corrected chi connectivity index (χ3v) is 5.42. The van der Waals surface area contributed by atoms with Crippen molar-refractivity contribution in [3.05, 3.63) is 65.7 Å². The summed E-state index contributed by atoms with van der Waals surface area (Å²) in [6, 6.07) is 17.0. The van der Waals surface area contributed by atoms with Crippen LogP contribution in [0.1, 0.15) is 40.0 Å². The lowest BCUT2D eigenvalue weighted by Gasteiger charge is -2.13. The average molecular weight is 382 g/mol. The third-order valence-electron chi connectivity index (χ3n) is 4.32. The summed E-state index contributed by atoms with van der Waals surface area (Å²) >= 11 is 1.77. The van der Waals surface area contributed by atoms with Gasteiger partial charge in [-0.15, -0.1) is 11.8 Å². The van der Waals surface area contributed by atoms with E-state index in [2.05, 4.69) is 17.4 Å². The molecule has 3 rings (SSSR count). The second kappa shape index (κ2) is 9.37. The number of fused-ring (bicyclic) bond motifs is 1. The zero-order valence-corrected chi connectivity index (χ0v) is 15.8. The summed E-state index contributed by atoms with van der Waals surface area (Å²) in [5.74, 6) is 0.360. The summed E-state index contributed by atoms with van der Waals surface area (Å²) in [5.41, 5.74) is 0.894. The van der Waals surface area contributed by atoms with E-state index in [1.165, 1.54) is 9.80 Å². The molecule has 0 saturated carbocycles. The molecule has 0 bridgehead atoms. The fourth-order valence-electron chi connectivity index (χ4n) is 2.94. The molecule has 27 heavy (non-hydrogen) atoms. The van der Waals surface area contributed by atoms with E-state index in [0.717, 1.165) is 12.2 Å². The Hall–Kier alpha value is -2.60. The molecule has 0 fully saturated rings. The smallest absolute Gasteiger partial charge is 0.261 e. The predicted octanol–water partition coefficient (Wildman–Crippen LogP) is 3.36. The first-order valence-corrected chi connectivity index (χ1v) is 10.0. The number of amides is 3. The molecule has 6 heteroatoms. The van der Waals surface area contributed by atoms with Gasteiger partial charge in [0.25, 0.3) is 11.8 Å². The van der Waals surface area contributed by atoms with Gasteiger partial charge in [0.05, 0.1) is 11.1 Å². The van der Waals surface area contributed by atoms with Gasteiger partial charge in [0.2, 0.25) is 5.91 Å². The SMILES string of the molecule is O=C(CCCN1C(=O)c2ccccc2C1=O)NCCCSc1ccccc1. The first-order valence-electron chi connectivity index (χ1n) is 9.06. The molecule has 3 amide bonds. The van der Waals surface area contributed by atoms with Crippen LogP contribution in [-0.4, -0.2) is 41.5 Å². The molecule has 0 aromatic heterocycles. The first-order chi connectivity index (χ1) is 13.2. The topological polar surface area (TPSA) is 66.5 Å².